The molecule has 0 radical (unpaired) electrons. The van der Waals surface area contributed by atoms with Gasteiger partial charge >= 0.3 is 0 Å². The minimum atomic E-state index is -0.763. The quantitative estimate of drug-likeness (QED) is 0.828. The molecule has 0 N–H and O–H groups in total. The summed E-state index contributed by atoms with van der Waals surface area (Å²) in [5.41, 5.74) is -0.184. The number of amides is 1. The smallest absolute Gasteiger partial charge is 0.227 e. The monoisotopic (exact) mass is 254 g/mol. The van der Waals surface area contributed by atoms with Crippen LogP contribution in [0, 0.1) is 23.0 Å². The lowest BCUT2D eigenvalue weighted by molar-refractivity contribution is -0.118. The van der Waals surface area contributed by atoms with Gasteiger partial charge in [0.1, 0.15) is 0 Å². The van der Waals surface area contributed by atoms with E-state index in [0.29, 0.717) is 0 Å². The zero-order valence-corrected chi connectivity index (χ0v) is 10.0. The number of benzene rings is 1. The van der Waals surface area contributed by atoms with Crippen molar-refractivity contribution in [1.29, 1.82) is 5.26 Å². The van der Waals surface area contributed by atoms with Crippen molar-refractivity contribution in [3.05, 3.63) is 23.8 Å². The van der Waals surface area contributed by atoms with E-state index in [-0.39, 0.29) is 24.3 Å². The molecule has 96 valence electrons. The van der Waals surface area contributed by atoms with Crippen molar-refractivity contribution >= 4 is 11.6 Å². The summed E-state index contributed by atoms with van der Waals surface area (Å²) >= 11 is 0. The molecule has 0 heterocycles. The van der Waals surface area contributed by atoms with E-state index in [4.69, 9.17) is 5.26 Å². The minimum absolute atomic E-state index is 0.0312. The largest absolute Gasteiger partial charge is 0.494 e. The van der Waals surface area contributed by atoms with Gasteiger partial charge in [-0.1, -0.05) is 0 Å². The van der Waals surface area contributed by atoms with Gasteiger partial charge in [-0.25, -0.2) is 8.78 Å². The molecule has 0 aliphatic heterocycles. The molecule has 0 fully saturated rings. The molecule has 1 aromatic carbocycles. The van der Waals surface area contributed by atoms with Crippen molar-refractivity contribution in [1.82, 2.24) is 0 Å². The minimum Gasteiger partial charge on any atom is -0.494 e. The first-order chi connectivity index (χ1) is 8.51. The average molecular weight is 254 g/mol. The number of rotatable bonds is 4. The van der Waals surface area contributed by atoms with Crippen LogP contribution >= 0.6 is 0 Å². The molecule has 6 heteroatoms. The Morgan fingerprint density at radius 1 is 1.44 bits per heavy atom. The Kier molecular flexibility index (Phi) is 4.60. The molecular weight excluding hydrogens is 242 g/mol. The van der Waals surface area contributed by atoms with E-state index in [2.05, 4.69) is 4.74 Å². The number of methoxy groups -OCH3 is 1. The first kappa shape index (κ1) is 13.9. The van der Waals surface area contributed by atoms with Crippen LogP contribution in [0.1, 0.15) is 12.8 Å². The van der Waals surface area contributed by atoms with Crippen LogP contribution in [0.25, 0.3) is 0 Å². The molecule has 4 nitrogen and oxygen atoms in total. The number of anilines is 1. The van der Waals surface area contributed by atoms with Crippen LogP contribution in [0.4, 0.5) is 14.5 Å². The lowest BCUT2D eigenvalue weighted by atomic mass is 10.2. The summed E-state index contributed by atoms with van der Waals surface area (Å²) in [6, 6.07) is 3.57. The molecule has 0 unspecified atom stereocenters. The van der Waals surface area contributed by atoms with Gasteiger partial charge in [0.2, 0.25) is 5.91 Å². The molecular formula is C12H12F2N2O2. The summed E-state index contributed by atoms with van der Waals surface area (Å²) in [7, 11) is 2.54. The Morgan fingerprint density at radius 3 is 2.67 bits per heavy atom. The van der Waals surface area contributed by atoms with Crippen molar-refractivity contribution in [2.24, 2.45) is 0 Å². The van der Waals surface area contributed by atoms with Gasteiger partial charge in [0.25, 0.3) is 0 Å². The molecule has 0 saturated carbocycles. The van der Waals surface area contributed by atoms with Gasteiger partial charge in [-0.2, -0.15) is 5.26 Å². The number of nitrogens with zero attached hydrogens (tertiary/aromatic N) is 2. The number of carbonyl (C=O) groups excluding carboxylic acids is 1. The molecule has 1 amide bonds. The van der Waals surface area contributed by atoms with Crippen LogP contribution in [-0.2, 0) is 4.79 Å². The predicted molar refractivity (Wildman–Crippen MR) is 61.2 cm³/mol. The number of hydrogen-bond donors (Lipinski definition) is 0. The van der Waals surface area contributed by atoms with Crippen LogP contribution in [0.5, 0.6) is 5.75 Å². The van der Waals surface area contributed by atoms with E-state index < -0.39 is 17.5 Å². The van der Waals surface area contributed by atoms with Crippen molar-refractivity contribution in [2.45, 2.75) is 12.8 Å². The molecule has 18 heavy (non-hydrogen) atoms. The van der Waals surface area contributed by atoms with Crippen molar-refractivity contribution in [2.75, 3.05) is 19.1 Å². The summed E-state index contributed by atoms with van der Waals surface area (Å²) in [6.45, 7) is 0. The summed E-state index contributed by atoms with van der Waals surface area (Å²) < 4.78 is 31.7. The molecule has 0 aromatic heterocycles. The van der Waals surface area contributed by atoms with Gasteiger partial charge < -0.3 is 9.64 Å². The SMILES string of the molecule is COc1cc(F)c(N(C)C(=O)CCC#N)cc1F. The van der Waals surface area contributed by atoms with Gasteiger partial charge in [0.05, 0.1) is 18.9 Å². The Balaban J connectivity index is 2.99. The zero-order chi connectivity index (χ0) is 13.7. The number of nitriles is 1. The van der Waals surface area contributed by atoms with Crippen molar-refractivity contribution in [3.63, 3.8) is 0 Å². The van der Waals surface area contributed by atoms with Crippen LogP contribution in [-0.4, -0.2) is 20.1 Å². The Labute approximate surface area is 103 Å². The highest BCUT2D eigenvalue weighted by atomic mass is 19.1. The van der Waals surface area contributed by atoms with Crippen LogP contribution in [0.3, 0.4) is 0 Å². The molecule has 1 aromatic rings. The van der Waals surface area contributed by atoms with Crippen molar-refractivity contribution in [3.8, 4) is 11.8 Å². The van der Waals surface area contributed by atoms with Gasteiger partial charge in [-0.05, 0) is 0 Å². The lowest BCUT2D eigenvalue weighted by Gasteiger charge is -2.18. The average Bonchev–Trinajstić information content (AvgIpc) is 2.37. The fourth-order valence-electron chi connectivity index (χ4n) is 1.40. The Bertz CT molecular complexity index is 498. The van der Waals surface area contributed by atoms with Gasteiger partial charge in [-0.15, -0.1) is 0 Å². The molecule has 0 spiro atoms. The molecule has 0 aliphatic carbocycles. The number of ether oxygens (including phenoxy) is 1. The first-order valence-electron chi connectivity index (χ1n) is 5.17. The maximum absolute atomic E-state index is 13.6. The third-order valence-electron chi connectivity index (χ3n) is 2.41. The molecule has 0 saturated heterocycles. The molecule has 1 rings (SSSR count). The molecule has 0 bridgehead atoms. The second-order valence-electron chi connectivity index (χ2n) is 3.55. The van der Waals surface area contributed by atoms with Crippen molar-refractivity contribution < 1.29 is 18.3 Å². The van der Waals surface area contributed by atoms with Gasteiger partial charge in [0, 0.05) is 32.0 Å². The van der Waals surface area contributed by atoms with E-state index >= 15 is 0 Å². The molecule has 0 atom stereocenters. The number of hydrogen-bond acceptors (Lipinski definition) is 3. The lowest BCUT2D eigenvalue weighted by Crippen LogP contribution is -2.26. The van der Waals surface area contributed by atoms with E-state index in [1.54, 1.807) is 0 Å². The Hall–Kier alpha value is -2.16. The standard InChI is InChI=1S/C12H12F2N2O2/c1-16(12(17)4-3-5-15)10-6-9(14)11(18-2)7-8(10)13/h6-7H,3-4H2,1-2H3. The van der Waals surface area contributed by atoms with Gasteiger partial charge in [0.15, 0.2) is 17.4 Å². The predicted octanol–water partition coefficient (Wildman–Crippen LogP) is 2.24. The maximum atomic E-state index is 13.6. The summed E-state index contributed by atoms with van der Waals surface area (Å²) in [4.78, 5) is 12.6. The zero-order valence-electron chi connectivity index (χ0n) is 10.0. The van der Waals surface area contributed by atoms with E-state index in [1.807, 2.05) is 6.07 Å². The van der Waals surface area contributed by atoms with Crippen LogP contribution in [0.15, 0.2) is 12.1 Å². The highest BCUT2D eigenvalue weighted by Gasteiger charge is 2.18. The van der Waals surface area contributed by atoms with E-state index in [1.165, 1.54) is 14.2 Å². The van der Waals surface area contributed by atoms with E-state index in [9.17, 15) is 13.6 Å². The molecule has 0 aliphatic rings. The highest BCUT2D eigenvalue weighted by Crippen LogP contribution is 2.27. The first-order valence-corrected chi connectivity index (χ1v) is 5.17. The van der Waals surface area contributed by atoms with Crippen LogP contribution in [0.2, 0.25) is 0 Å². The normalized spacial score (nSPS) is 9.72. The fourth-order valence-corrected chi connectivity index (χ4v) is 1.40. The van der Waals surface area contributed by atoms with Crippen LogP contribution < -0.4 is 9.64 Å². The topological polar surface area (TPSA) is 53.3 Å². The fraction of sp³-hybridized carbons (Fsp3) is 0.333. The summed E-state index contributed by atoms with van der Waals surface area (Å²) in [5, 5.41) is 8.36. The second-order valence-corrected chi connectivity index (χ2v) is 3.55. The van der Waals surface area contributed by atoms with Gasteiger partial charge in [-0.3, -0.25) is 4.79 Å². The third-order valence-corrected chi connectivity index (χ3v) is 2.41. The van der Waals surface area contributed by atoms with E-state index in [0.717, 1.165) is 17.0 Å². The third kappa shape index (κ3) is 2.94. The maximum Gasteiger partial charge on any atom is 0.227 e. The second kappa shape index (κ2) is 5.96. The number of carbonyl (C=O) groups is 1. The Morgan fingerprint density at radius 2 is 2.11 bits per heavy atom. The summed E-state index contributed by atoms with van der Waals surface area (Å²) in [6.07, 6.45) is -0.0104. The highest BCUT2D eigenvalue weighted by molar-refractivity contribution is 5.93. The summed E-state index contributed by atoms with van der Waals surface area (Å²) in [5.74, 6) is -2.20. The number of halogens is 2.